The molecule has 0 saturated carbocycles. The normalized spacial score (nSPS) is 10.6. The zero-order chi connectivity index (χ0) is 15.1. The zero-order valence-electron chi connectivity index (χ0n) is 12.2. The van der Waals surface area contributed by atoms with Crippen LogP contribution in [0.1, 0.15) is 28.4 Å². The molecule has 2 aromatic carbocycles. The lowest BCUT2D eigenvalue weighted by molar-refractivity contribution is 0.0955. The first-order valence-electron chi connectivity index (χ1n) is 6.82. The highest BCUT2D eigenvalue weighted by atomic mass is 16.5. The Morgan fingerprint density at radius 3 is 2.67 bits per heavy atom. The third kappa shape index (κ3) is 4.45. The van der Waals surface area contributed by atoms with Crippen LogP contribution in [0.4, 0.5) is 0 Å². The van der Waals surface area contributed by atoms with Gasteiger partial charge in [0.15, 0.2) is 0 Å². The second-order valence-electron chi connectivity index (χ2n) is 4.57. The molecule has 0 saturated heterocycles. The molecule has 0 aliphatic heterocycles. The largest absolute Gasteiger partial charge is 0.494 e. The number of ether oxygens (including phenoxy) is 1. The molecule has 0 unspecified atom stereocenters. The number of nitrogens with zero attached hydrogens (tertiary/aromatic N) is 1. The van der Waals surface area contributed by atoms with Crippen LogP contribution < -0.4 is 10.2 Å². The van der Waals surface area contributed by atoms with Crippen molar-refractivity contribution in [3.8, 4) is 5.75 Å². The van der Waals surface area contributed by atoms with E-state index in [-0.39, 0.29) is 5.91 Å². The van der Waals surface area contributed by atoms with Crippen molar-refractivity contribution in [3.63, 3.8) is 0 Å². The fraction of sp³-hybridized carbons (Fsp3) is 0.176. The lowest BCUT2D eigenvalue weighted by atomic mass is 10.2. The van der Waals surface area contributed by atoms with E-state index in [1.807, 2.05) is 38.1 Å². The predicted octanol–water partition coefficient (Wildman–Crippen LogP) is 3.16. The van der Waals surface area contributed by atoms with Crippen molar-refractivity contribution in [1.29, 1.82) is 0 Å². The van der Waals surface area contributed by atoms with Crippen LogP contribution in [-0.2, 0) is 0 Å². The number of benzene rings is 2. The number of hydrogen-bond acceptors (Lipinski definition) is 3. The van der Waals surface area contributed by atoms with E-state index in [0.717, 1.165) is 16.9 Å². The van der Waals surface area contributed by atoms with Crippen molar-refractivity contribution in [3.05, 3.63) is 65.2 Å². The van der Waals surface area contributed by atoms with Gasteiger partial charge in [-0.1, -0.05) is 29.8 Å². The molecule has 0 fully saturated rings. The topological polar surface area (TPSA) is 50.7 Å². The second kappa shape index (κ2) is 7.24. The summed E-state index contributed by atoms with van der Waals surface area (Å²) in [5.74, 6) is 0.499. The molecule has 0 aliphatic carbocycles. The summed E-state index contributed by atoms with van der Waals surface area (Å²) in [6.45, 7) is 4.53. The Bertz CT molecular complexity index is 633. The van der Waals surface area contributed by atoms with Gasteiger partial charge >= 0.3 is 0 Å². The molecule has 1 N–H and O–H groups in total. The summed E-state index contributed by atoms with van der Waals surface area (Å²) in [6, 6.07) is 14.8. The maximum Gasteiger partial charge on any atom is 0.271 e. The van der Waals surface area contributed by atoms with Crippen LogP contribution in [0.15, 0.2) is 53.6 Å². The maximum atomic E-state index is 11.9. The number of hydrogen-bond donors (Lipinski definition) is 1. The minimum absolute atomic E-state index is 0.248. The first kappa shape index (κ1) is 14.8. The van der Waals surface area contributed by atoms with E-state index in [4.69, 9.17) is 4.74 Å². The third-order valence-electron chi connectivity index (χ3n) is 2.85. The monoisotopic (exact) mass is 282 g/mol. The summed E-state index contributed by atoms with van der Waals surface area (Å²) < 4.78 is 5.33. The van der Waals surface area contributed by atoms with Gasteiger partial charge in [0.1, 0.15) is 5.75 Å². The molecule has 4 heteroatoms. The zero-order valence-corrected chi connectivity index (χ0v) is 12.2. The Balaban J connectivity index is 1.95. The lowest BCUT2D eigenvalue weighted by Gasteiger charge is -2.04. The van der Waals surface area contributed by atoms with Crippen LogP contribution in [0.25, 0.3) is 0 Å². The highest BCUT2D eigenvalue weighted by Gasteiger charge is 2.03. The minimum Gasteiger partial charge on any atom is -0.494 e. The Labute approximate surface area is 124 Å². The van der Waals surface area contributed by atoms with E-state index < -0.39 is 0 Å². The molecule has 0 aromatic heterocycles. The summed E-state index contributed by atoms with van der Waals surface area (Å²) in [5, 5.41) is 3.96. The third-order valence-corrected chi connectivity index (χ3v) is 2.85. The number of amides is 1. The maximum absolute atomic E-state index is 11.9. The van der Waals surface area contributed by atoms with E-state index >= 15 is 0 Å². The molecule has 0 atom stereocenters. The number of carbonyl (C=O) groups is 1. The van der Waals surface area contributed by atoms with Crippen LogP contribution in [0.5, 0.6) is 5.75 Å². The number of hydrazone groups is 1. The number of nitrogens with one attached hydrogen (secondary N) is 1. The minimum atomic E-state index is -0.248. The van der Waals surface area contributed by atoms with E-state index in [0.29, 0.717) is 12.2 Å². The van der Waals surface area contributed by atoms with Crippen molar-refractivity contribution in [2.45, 2.75) is 13.8 Å². The van der Waals surface area contributed by atoms with Gasteiger partial charge in [0.25, 0.3) is 5.91 Å². The molecule has 2 rings (SSSR count). The van der Waals surface area contributed by atoms with Gasteiger partial charge in [0.05, 0.1) is 12.8 Å². The highest BCUT2D eigenvalue weighted by molar-refractivity contribution is 5.95. The molecule has 4 nitrogen and oxygen atoms in total. The van der Waals surface area contributed by atoms with Crippen molar-refractivity contribution in [2.24, 2.45) is 5.10 Å². The predicted molar refractivity (Wildman–Crippen MR) is 83.9 cm³/mol. The first-order chi connectivity index (χ1) is 10.2. The van der Waals surface area contributed by atoms with Crippen molar-refractivity contribution in [1.82, 2.24) is 5.43 Å². The molecule has 0 aliphatic rings. The average molecular weight is 282 g/mol. The van der Waals surface area contributed by atoms with Crippen LogP contribution >= 0.6 is 0 Å². The summed E-state index contributed by atoms with van der Waals surface area (Å²) in [6.07, 6.45) is 1.62. The second-order valence-corrected chi connectivity index (χ2v) is 4.57. The van der Waals surface area contributed by atoms with E-state index in [1.165, 1.54) is 0 Å². The summed E-state index contributed by atoms with van der Waals surface area (Å²) >= 11 is 0. The summed E-state index contributed by atoms with van der Waals surface area (Å²) in [4.78, 5) is 11.9. The fourth-order valence-corrected chi connectivity index (χ4v) is 1.85. The molecule has 0 heterocycles. The van der Waals surface area contributed by atoms with Crippen LogP contribution in [0, 0.1) is 6.92 Å². The Kier molecular flexibility index (Phi) is 5.10. The number of carbonyl (C=O) groups excluding carboxylic acids is 1. The molecule has 0 radical (unpaired) electrons. The molecule has 0 bridgehead atoms. The molecule has 2 aromatic rings. The quantitative estimate of drug-likeness (QED) is 0.676. The smallest absolute Gasteiger partial charge is 0.271 e. The first-order valence-corrected chi connectivity index (χ1v) is 6.82. The molecule has 108 valence electrons. The molecular weight excluding hydrogens is 264 g/mol. The van der Waals surface area contributed by atoms with Crippen molar-refractivity contribution >= 4 is 12.1 Å². The number of aryl methyl sites for hydroxylation is 1. The van der Waals surface area contributed by atoms with Gasteiger partial charge in [-0.25, -0.2) is 5.43 Å². The molecule has 0 spiro atoms. The summed E-state index contributed by atoms with van der Waals surface area (Å²) in [5.41, 5.74) is 5.15. The average Bonchev–Trinajstić information content (AvgIpc) is 2.48. The lowest BCUT2D eigenvalue weighted by Crippen LogP contribution is -2.17. The fourth-order valence-electron chi connectivity index (χ4n) is 1.85. The van der Waals surface area contributed by atoms with Gasteiger partial charge in [-0.15, -0.1) is 0 Å². The van der Waals surface area contributed by atoms with Crippen molar-refractivity contribution < 1.29 is 9.53 Å². The molecule has 21 heavy (non-hydrogen) atoms. The van der Waals surface area contributed by atoms with Gasteiger partial charge in [-0.2, -0.15) is 5.10 Å². The van der Waals surface area contributed by atoms with Gasteiger partial charge < -0.3 is 4.74 Å². The van der Waals surface area contributed by atoms with Gasteiger partial charge in [-0.3, -0.25) is 4.79 Å². The highest BCUT2D eigenvalue weighted by Crippen LogP contribution is 2.11. The Morgan fingerprint density at radius 2 is 2.00 bits per heavy atom. The van der Waals surface area contributed by atoms with Crippen LogP contribution in [0.3, 0.4) is 0 Å². The van der Waals surface area contributed by atoms with E-state index in [9.17, 15) is 4.79 Å². The molecule has 1 amide bonds. The Hall–Kier alpha value is -2.62. The molecular formula is C17H18N2O2. The Morgan fingerprint density at radius 1 is 1.24 bits per heavy atom. The van der Waals surface area contributed by atoms with E-state index in [2.05, 4.69) is 10.5 Å². The van der Waals surface area contributed by atoms with Gasteiger partial charge in [0, 0.05) is 5.56 Å². The number of rotatable bonds is 5. The standard InChI is InChI=1S/C17H18N2O2/c1-3-21-16-9-7-15(8-10-16)17(20)19-18-12-14-6-4-5-13(2)11-14/h4-12H,3H2,1-2H3,(H,19,20). The van der Waals surface area contributed by atoms with Crippen LogP contribution in [0.2, 0.25) is 0 Å². The van der Waals surface area contributed by atoms with Gasteiger partial charge in [-0.05, 0) is 43.7 Å². The van der Waals surface area contributed by atoms with Crippen molar-refractivity contribution in [2.75, 3.05) is 6.61 Å². The van der Waals surface area contributed by atoms with E-state index in [1.54, 1.807) is 30.5 Å². The van der Waals surface area contributed by atoms with Crippen LogP contribution in [-0.4, -0.2) is 18.7 Å². The summed E-state index contributed by atoms with van der Waals surface area (Å²) in [7, 11) is 0. The van der Waals surface area contributed by atoms with Gasteiger partial charge in [0.2, 0.25) is 0 Å². The SMILES string of the molecule is CCOc1ccc(C(=O)NN=Cc2cccc(C)c2)cc1.